The molecular formula is C16H17N3O3. The predicted molar refractivity (Wildman–Crippen MR) is 82.5 cm³/mol. The smallest absolute Gasteiger partial charge is 0.354 e. The Bertz CT molecular complexity index is 861. The van der Waals surface area contributed by atoms with Crippen LogP contribution in [0.15, 0.2) is 24.3 Å². The summed E-state index contributed by atoms with van der Waals surface area (Å²) in [6.07, 6.45) is 0. The van der Waals surface area contributed by atoms with Gasteiger partial charge in [-0.2, -0.15) is 5.10 Å². The van der Waals surface area contributed by atoms with Crippen molar-refractivity contribution < 1.29 is 14.6 Å². The standard InChI is InChI=1S/C16H17N3O3/c1-9-15(14(8-20)18-19(9)2)10-5-4-6-12-11(10)7-13(17-12)16(21)22-3/h4-7,17,20H,8H2,1-3H3. The van der Waals surface area contributed by atoms with Gasteiger partial charge in [0.15, 0.2) is 0 Å². The highest BCUT2D eigenvalue weighted by Gasteiger charge is 2.18. The second-order valence-electron chi connectivity index (χ2n) is 5.13. The number of carbonyl (C=O) groups is 1. The molecule has 0 bridgehead atoms. The summed E-state index contributed by atoms with van der Waals surface area (Å²) in [7, 11) is 3.19. The first-order valence-electron chi connectivity index (χ1n) is 6.90. The van der Waals surface area contributed by atoms with Crippen molar-refractivity contribution in [2.24, 2.45) is 7.05 Å². The maximum absolute atomic E-state index is 11.7. The van der Waals surface area contributed by atoms with E-state index in [4.69, 9.17) is 4.74 Å². The molecule has 2 aromatic heterocycles. The van der Waals surface area contributed by atoms with Crippen molar-refractivity contribution >= 4 is 16.9 Å². The van der Waals surface area contributed by atoms with Gasteiger partial charge < -0.3 is 14.8 Å². The van der Waals surface area contributed by atoms with Gasteiger partial charge in [0.2, 0.25) is 0 Å². The van der Waals surface area contributed by atoms with E-state index in [2.05, 4.69) is 10.1 Å². The van der Waals surface area contributed by atoms with Crippen LogP contribution in [-0.2, 0) is 18.4 Å². The van der Waals surface area contributed by atoms with E-state index in [0.717, 1.165) is 27.7 Å². The van der Waals surface area contributed by atoms with Crippen molar-refractivity contribution in [1.82, 2.24) is 14.8 Å². The molecule has 6 nitrogen and oxygen atoms in total. The summed E-state index contributed by atoms with van der Waals surface area (Å²) in [6, 6.07) is 7.53. The zero-order valence-corrected chi connectivity index (χ0v) is 12.7. The Labute approximate surface area is 127 Å². The van der Waals surface area contributed by atoms with Gasteiger partial charge >= 0.3 is 5.97 Å². The first-order valence-corrected chi connectivity index (χ1v) is 6.90. The van der Waals surface area contributed by atoms with Gasteiger partial charge in [-0.25, -0.2) is 4.79 Å². The van der Waals surface area contributed by atoms with Crippen molar-refractivity contribution in [3.05, 3.63) is 41.3 Å². The van der Waals surface area contributed by atoms with Crippen LogP contribution in [0.1, 0.15) is 21.9 Å². The Kier molecular flexibility index (Phi) is 3.46. The topological polar surface area (TPSA) is 80.1 Å². The van der Waals surface area contributed by atoms with E-state index >= 15 is 0 Å². The first kappa shape index (κ1) is 14.3. The summed E-state index contributed by atoms with van der Waals surface area (Å²) < 4.78 is 6.50. The molecule has 3 rings (SSSR count). The van der Waals surface area contributed by atoms with Crippen molar-refractivity contribution in [3.8, 4) is 11.1 Å². The van der Waals surface area contributed by atoms with Crippen molar-refractivity contribution in [2.75, 3.05) is 7.11 Å². The molecule has 0 aliphatic carbocycles. The Morgan fingerprint density at radius 1 is 1.45 bits per heavy atom. The summed E-state index contributed by atoms with van der Waals surface area (Å²) in [5, 5.41) is 14.8. The molecule has 1 aromatic carbocycles. The molecule has 0 spiro atoms. The molecule has 0 fully saturated rings. The number of esters is 1. The van der Waals surface area contributed by atoms with Crippen molar-refractivity contribution in [2.45, 2.75) is 13.5 Å². The lowest BCUT2D eigenvalue weighted by atomic mass is 9.99. The number of carbonyl (C=O) groups excluding carboxylic acids is 1. The Hall–Kier alpha value is -2.60. The van der Waals surface area contributed by atoms with E-state index in [1.54, 1.807) is 10.7 Å². The lowest BCUT2D eigenvalue weighted by Crippen LogP contribution is -2.00. The molecular weight excluding hydrogens is 282 g/mol. The maximum atomic E-state index is 11.7. The Balaban J connectivity index is 2.28. The monoisotopic (exact) mass is 299 g/mol. The van der Waals surface area contributed by atoms with E-state index in [9.17, 15) is 9.90 Å². The third-order valence-electron chi connectivity index (χ3n) is 3.90. The largest absolute Gasteiger partial charge is 0.464 e. The van der Waals surface area contributed by atoms with Gasteiger partial charge in [-0.15, -0.1) is 0 Å². The number of methoxy groups -OCH3 is 1. The number of aryl methyl sites for hydroxylation is 1. The number of ether oxygens (including phenoxy) is 1. The second kappa shape index (κ2) is 5.31. The number of hydrogen-bond donors (Lipinski definition) is 2. The first-order chi connectivity index (χ1) is 10.6. The predicted octanol–water partition coefficient (Wildman–Crippen LogP) is 2.16. The number of benzene rings is 1. The van der Waals surface area contributed by atoms with Crippen molar-refractivity contribution in [1.29, 1.82) is 0 Å². The molecule has 0 radical (unpaired) electrons. The summed E-state index contributed by atoms with van der Waals surface area (Å²) in [6.45, 7) is 1.82. The van der Waals surface area contributed by atoms with Gasteiger partial charge in [0.25, 0.3) is 0 Å². The molecule has 2 heterocycles. The lowest BCUT2D eigenvalue weighted by molar-refractivity contribution is 0.0595. The fraction of sp³-hybridized carbons (Fsp3) is 0.250. The van der Waals surface area contributed by atoms with Crippen molar-refractivity contribution in [3.63, 3.8) is 0 Å². The molecule has 0 unspecified atom stereocenters. The second-order valence-corrected chi connectivity index (χ2v) is 5.13. The van der Waals surface area contributed by atoms with Gasteiger partial charge in [0, 0.05) is 29.2 Å². The maximum Gasteiger partial charge on any atom is 0.354 e. The average molecular weight is 299 g/mol. The van der Waals surface area contributed by atoms with Crippen LogP contribution in [0.3, 0.4) is 0 Å². The number of aromatic amines is 1. The number of aliphatic hydroxyl groups is 1. The molecule has 2 N–H and O–H groups in total. The minimum atomic E-state index is -0.410. The Morgan fingerprint density at radius 3 is 2.91 bits per heavy atom. The number of nitrogens with zero attached hydrogens (tertiary/aromatic N) is 2. The minimum absolute atomic E-state index is 0.137. The highest BCUT2D eigenvalue weighted by Crippen LogP contribution is 2.33. The van der Waals surface area contributed by atoms with Crippen LogP contribution >= 0.6 is 0 Å². The van der Waals surface area contributed by atoms with E-state index in [1.807, 2.05) is 32.2 Å². The zero-order valence-electron chi connectivity index (χ0n) is 12.7. The fourth-order valence-electron chi connectivity index (χ4n) is 2.73. The molecule has 6 heteroatoms. The number of H-pyrrole nitrogens is 1. The van der Waals surface area contributed by atoms with Gasteiger partial charge in [-0.3, -0.25) is 4.68 Å². The Morgan fingerprint density at radius 2 is 2.23 bits per heavy atom. The van der Waals surface area contributed by atoms with Crippen LogP contribution < -0.4 is 0 Å². The number of fused-ring (bicyclic) bond motifs is 1. The SMILES string of the molecule is COC(=O)c1cc2c(-c3c(CO)nn(C)c3C)cccc2[nH]1. The lowest BCUT2D eigenvalue weighted by Gasteiger charge is -2.05. The number of rotatable bonds is 3. The fourth-order valence-corrected chi connectivity index (χ4v) is 2.73. The third-order valence-corrected chi connectivity index (χ3v) is 3.90. The molecule has 114 valence electrons. The van der Waals surface area contributed by atoms with Crippen LogP contribution in [0.5, 0.6) is 0 Å². The number of aliphatic hydroxyl groups excluding tert-OH is 1. The van der Waals surface area contributed by atoms with E-state index in [0.29, 0.717) is 11.4 Å². The molecule has 0 aliphatic rings. The third kappa shape index (κ3) is 2.08. The van der Waals surface area contributed by atoms with Gasteiger partial charge in [0.1, 0.15) is 5.69 Å². The van der Waals surface area contributed by atoms with Crippen LogP contribution in [0.25, 0.3) is 22.0 Å². The highest BCUT2D eigenvalue weighted by molar-refractivity contribution is 6.01. The number of hydrogen-bond acceptors (Lipinski definition) is 4. The number of nitrogens with one attached hydrogen (secondary N) is 1. The van der Waals surface area contributed by atoms with Gasteiger partial charge in [0.05, 0.1) is 19.4 Å². The van der Waals surface area contributed by atoms with E-state index in [1.165, 1.54) is 7.11 Å². The zero-order chi connectivity index (χ0) is 15.9. The normalized spacial score (nSPS) is 11.1. The molecule has 0 saturated carbocycles. The quantitative estimate of drug-likeness (QED) is 0.726. The summed E-state index contributed by atoms with van der Waals surface area (Å²) in [5.74, 6) is -0.410. The molecule has 0 aliphatic heterocycles. The van der Waals surface area contributed by atoms with E-state index in [-0.39, 0.29) is 6.61 Å². The molecule has 3 aromatic rings. The van der Waals surface area contributed by atoms with Gasteiger partial charge in [-0.1, -0.05) is 12.1 Å². The minimum Gasteiger partial charge on any atom is -0.464 e. The van der Waals surface area contributed by atoms with Gasteiger partial charge in [-0.05, 0) is 24.6 Å². The van der Waals surface area contributed by atoms with E-state index < -0.39 is 5.97 Å². The summed E-state index contributed by atoms with van der Waals surface area (Å²) in [5.41, 5.74) is 4.64. The van der Waals surface area contributed by atoms with Crippen LogP contribution in [-0.4, -0.2) is 33.0 Å². The molecule has 0 atom stereocenters. The van der Waals surface area contributed by atoms with Crippen LogP contribution in [0, 0.1) is 6.92 Å². The molecule has 22 heavy (non-hydrogen) atoms. The van der Waals surface area contributed by atoms with Crippen LogP contribution in [0.2, 0.25) is 0 Å². The summed E-state index contributed by atoms with van der Waals surface area (Å²) >= 11 is 0. The van der Waals surface area contributed by atoms with Crippen LogP contribution in [0.4, 0.5) is 0 Å². The number of aromatic nitrogens is 3. The molecule has 0 saturated heterocycles. The molecule has 0 amide bonds. The highest BCUT2D eigenvalue weighted by atomic mass is 16.5. The summed E-state index contributed by atoms with van der Waals surface area (Å²) in [4.78, 5) is 14.8. The average Bonchev–Trinajstić information content (AvgIpc) is 3.08.